The fraction of sp³-hybridized carbons (Fsp3) is 0.538. The number of amides is 1. The molecule has 1 aromatic heterocycles. The van der Waals surface area contributed by atoms with Gasteiger partial charge in [-0.3, -0.25) is 4.79 Å². The summed E-state index contributed by atoms with van der Waals surface area (Å²) in [5, 5.41) is 6.05. The topological polar surface area (TPSA) is 54.0 Å². The number of hydrogen-bond donors (Lipinski definition) is 2. The van der Waals surface area contributed by atoms with Gasteiger partial charge in [-0.1, -0.05) is 0 Å². The summed E-state index contributed by atoms with van der Waals surface area (Å²) in [6.07, 6.45) is 2.21. The fourth-order valence-corrected chi connectivity index (χ4v) is 1.42. The lowest BCUT2D eigenvalue weighted by molar-refractivity contribution is -0.122. The van der Waals surface area contributed by atoms with Gasteiger partial charge >= 0.3 is 0 Å². The maximum Gasteiger partial charge on any atom is 0.222 e. The molecule has 0 aliphatic carbocycles. The van der Waals surface area contributed by atoms with Crippen LogP contribution in [0.5, 0.6) is 0 Å². The number of hydrogen-bond acceptors (Lipinski definition) is 3. The van der Waals surface area contributed by atoms with Crippen LogP contribution in [0.3, 0.4) is 0 Å². The van der Waals surface area contributed by atoms with Gasteiger partial charge in [-0.05, 0) is 45.4 Å². The minimum Gasteiger partial charge on any atom is -0.370 e. The standard InChI is InChI=1S/C13H21N3O/c1-10-5-7-14-11(9-10)15-8-6-12(17)16-13(2,3)4/h5,7,9H,6,8H2,1-4H3,(H,14,15)(H,16,17). The van der Waals surface area contributed by atoms with Crippen LogP contribution in [-0.4, -0.2) is 23.0 Å². The van der Waals surface area contributed by atoms with Crippen molar-refractivity contribution >= 4 is 11.7 Å². The third-order valence-electron chi connectivity index (χ3n) is 2.09. The molecule has 0 saturated carbocycles. The third kappa shape index (κ3) is 5.90. The van der Waals surface area contributed by atoms with E-state index in [4.69, 9.17) is 0 Å². The number of nitrogens with zero attached hydrogens (tertiary/aromatic N) is 1. The van der Waals surface area contributed by atoms with E-state index in [1.807, 2.05) is 39.8 Å². The molecule has 1 aromatic rings. The number of pyridine rings is 1. The van der Waals surface area contributed by atoms with Gasteiger partial charge in [-0.2, -0.15) is 0 Å². The van der Waals surface area contributed by atoms with Crippen LogP contribution < -0.4 is 10.6 Å². The smallest absolute Gasteiger partial charge is 0.222 e. The Balaban J connectivity index is 2.31. The van der Waals surface area contributed by atoms with Crippen molar-refractivity contribution in [3.05, 3.63) is 23.9 Å². The molecule has 0 unspecified atom stereocenters. The minimum atomic E-state index is -0.168. The van der Waals surface area contributed by atoms with Crippen LogP contribution in [0, 0.1) is 6.92 Å². The molecule has 1 heterocycles. The molecule has 1 rings (SSSR count). The molecule has 4 heteroatoms. The van der Waals surface area contributed by atoms with E-state index in [2.05, 4.69) is 15.6 Å². The van der Waals surface area contributed by atoms with E-state index in [1.165, 1.54) is 0 Å². The van der Waals surface area contributed by atoms with Gasteiger partial charge in [0, 0.05) is 24.7 Å². The molecule has 17 heavy (non-hydrogen) atoms. The molecule has 0 fully saturated rings. The van der Waals surface area contributed by atoms with Crippen LogP contribution in [0.25, 0.3) is 0 Å². The van der Waals surface area contributed by atoms with E-state index < -0.39 is 0 Å². The summed E-state index contributed by atoms with van der Waals surface area (Å²) >= 11 is 0. The Kier molecular flexibility index (Phi) is 4.49. The predicted octanol–water partition coefficient (Wildman–Crippen LogP) is 2.11. The van der Waals surface area contributed by atoms with Crippen molar-refractivity contribution in [1.29, 1.82) is 0 Å². The van der Waals surface area contributed by atoms with Crippen molar-refractivity contribution in [3.63, 3.8) is 0 Å². The van der Waals surface area contributed by atoms with Gasteiger partial charge in [0.25, 0.3) is 0 Å². The second kappa shape index (κ2) is 5.66. The largest absolute Gasteiger partial charge is 0.370 e. The highest BCUT2D eigenvalue weighted by molar-refractivity contribution is 5.77. The Morgan fingerprint density at radius 2 is 2.12 bits per heavy atom. The zero-order valence-corrected chi connectivity index (χ0v) is 11.0. The van der Waals surface area contributed by atoms with Gasteiger partial charge < -0.3 is 10.6 Å². The van der Waals surface area contributed by atoms with E-state index in [1.54, 1.807) is 6.20 Å². The molecule has 0 aromatic carbocycles. The molecule has 0 saturated heterocycles. The van der Waals surface area contributed by atoms with Crippen LogP contribution in [0.1, 0.15) is 32.8 Å². The second-order valence-electron chi connectivity index (χ2n) is 5.19. The highest BCUT2D eigenvalue weighted by Gasteiger charge is 2.12. The van der Waals surface area contributed by atoms with E-state index in [-0.39, 0.29) is 11.4 Å². The molecule has 2 N–H and O–H groups in total. The lowest BCUT2D eigenvalue weighted by Gasteiger charge is -2.20. The zero-order chi connectivity index (χ0) is 12.9. The average Bonchev–Trinajstić information content (AvgIpc) is 2.14. The first-order valence-electron chi connectivity index (χ1n) is 5.84. The zero-order valence-electron chi connectivity index (χ0n) is 11.0. The van der Waals surface area contributed by atoms with Gasteiger partial charge in [0.2, 0.25) is 5.91 Å². The first kappa shape index (κ1) is 13.5. The second-order valence-corrected chi connectivity index (χ2v) is 5.19. The molecule has 0 aliphatic heterocycles. The summed E-state index contributed by atoms with van der Waals surface area (Å²) in [5.74, 6) is 0.867. The number of aryl methyl sites for hydroxylation is 1. The first-order valence-corrected chi connectivity index (χ1v) is 5.84. The number of anilines is 1. The van der Waals surface area contributed by atoms with Crippen molar-refractivity contribution in [2.75, 3.05) is 11.9 Å². The summed E-state index contributed by atoms with van der Waals surface area (Å²) in [6.45, 7) is 8.53. The summed E-state index contributed by atoms with van der Waals surface area (Å²) < 4.78 is 0. The minimum absolute atomic E-state index is 0.0534. The molecule has 1 amide bonds. The third-order valence-corrected chi connectivity index (χ3v) is 2.09. The summed E-state index contributed by atoms with van der Waals surface area (Å²) in [6, 6.07) is 3.90. The Bertz CT molecular complexity index is 382. The molecular weight excluding hydrogens is 214 g/mol. The SMILES string of the molecule is Cc1ccnc(NCCC(=O)NC(C)(C)C)c1. The van der Waals surface area contributed by atoms with Crippen LogP contribution in [0.4, 0.5) is 5.82 Å². The summed E-state index contributed by atoms with van der Waals surface area (Å²) in [7, 11) is 0. The van der Waals surface area contributed by atoms with E-state index in [0.717, 1.165) is 11.4 Å². The van der Waals surface area contributed by atoms with Crippen molar-refractivity contribution in [2.45, 2.75) is 39.7 Å². The summed E-state index contributed by atoms with van der Waals surface area (Å²) in [5.41, 5.74) is 0.986. The van der Waals surface area contributed by atoms with Crippen LogP contribution in [-0.2, 0) is 4.79 Å². The van der Waals surface area contributed by atoms with Gasteiger partial charge in [0.15, 0.2) is 0 Å². The molecule has 0 bridgehead atoms. The molecule has 0 atom stereocenters. The number of aromatic nitrogens is 1. The Morgan fingerprint density at radius 3 is 2.71 bits per heavy atom. The number of carbonyl (C=O) groups is 1. The monoisotopic (exact) mass is 235 g/mol. The highest BCUT2D eigenvalue weighted by atomic mass is 16.1. The normalized spacial score (nSPS) is 11.1. The Morgan fingerprint density at radius 1 is 1.41 bits per heavy atom. The van der Waals surface area contributed by atoms with Crippen molar-refractivity contribution < 1.29 is 4.79 Å². The van der Waals surface area contributed by atoms with Crippen LogP contribution in [0.15, 0.2) is 18.3 Å². The van der Waals surface area contributed by atoms with Crippen LogP contribution in [0.2, 0.25) is 0 Å². The maximum absolute atomic E-state index is 11.5. The quantitative estimate of drug-likeness (QED) is 0.840. The van der Waals surface area contributed by atoms with E-state index >= 15 is 0 Å². The maximum atomic E-state index is 11.5. The Labute approximate surface area is 103 Å². The predicted molar refractivity (Wildman–Crippen MR) is 70.0 cm³/mol. The van der Waals surface area contributed by atoms with E-state index in [0.29, 0.717) is 13.0 Å². The van der Waals surface area contributed by atoms with Crippen molar-refractivity contribution in [3.8, 4) is 0 Å². The van der Waals surface area contributed by atoms with Gasteiger partial charge in [-0.25, -0.2) is 4.98 Å². The van der Waals surface area contributed by atoms with Gasteiger partial charge in [-0.15, -0.1) is 0 Å². The number of carbonyl (C=O) groups excluding carboxylic acids is 1. The first-order chi connectivity index (χ1) is 7.87. The number of nitrogens with one attached hydrogen (secondary N) is 2. The molecule has 0 radical (unpaired) electrons. The van der Waals surface area contributed by atoms with Gasteiger partial charge in [0.05, 0.1) is 0 Å². The molecule has 4 nitrogen and oxygen atoms in total. The summed E-state index contributed by atoms with van der Waals surface area (Å²) in [4.78, 5) is 15.7. The molecular formula is C13H21N3O. The fourth-order valence-electron chi connectivity index (χ4n) is 1.42. The molecule has 0 aliphatic rings. The number of rotatable bonds is 4. The van der Waals surface area contributed by atoms with Crippen LogP contribution >= 0.6 is 0 Å². The highest BCUT2D eigenvalue weighted by Crippen LogP contribution is 2.05. The van der Waals surface area contributed by atoms with E-state index in [9.17, 15) is 4.79 Å². The van der Waals surface area contributed by atoms with Crippen molar-refractivity contribution in [2.24, 2.45) is 0 Å². The van der Waals surface area contributed by atoms with Gasteiger partial charge in [0.1, 0.15) is 5.82 Å². The Hall–Kier alpha value is -1.58. The molecule has 94 valence electrons. The average molecular weight is 235 g/mol. The lowest BCUT2D eigenvalue weighted by Crippen LogP contribution is -2.41. The van der Waals surface area contributed by atoms with Crippen molar-refractivity contribution in [1.82, 2.24) is 10.3 Å². The molecule has 0 spiro atoms. The lowest BCUT2D eigenvalue weighted by atomic mass is 10.1.